The van der Waals surface area contributed by atoms with Crippen molar-refractivity contribution in [3.63, 3.8) is 0 Å². The van der Waals surface area contributed by atoms with Gasteiger partial charge >= 0.3 is 0 Å². The first-order valence-electron chi connectivity index (χ1n) is 7.68. The zero-order chi connectivity index (χ0) is 15.2. The highest BCUT2D eigenvalue weighted by Crippen LogP contribution is 2.32. The lowest BCUT2D eigenvalue weighted by Crippen LogP contribution is -2.35. The third-order valence-electron chi connectivity index (χ3n) is 3.66. The number of nitrogens with zero attached hydrogens (tertiary/aromatic N) is 1. The number of rotatable bonds is 8. The fraction of sp³-hybridized carbons (Fsp3) is 0.750. The average molecular weight is 298 g/mol. The molecule has 116 valence electrons. The molecule has 0 saturated carbocycles. The maximum Gasteiger partial charge on any atom is 0.0539 e. The molecule has 0 aliphatic rings. The van der Waals surface area contributed by atoms with E-state index in [1.807, 2.05) is 11.3 Å². The lowest BCUT2D eigenvalue weighted by atomic mass is 9.95. The molecule has 0 aliphatic heterocycles. The van der Waals surface area contributed by atoms with Crippen molar-refractivity contribution in [3.05, 3.63) is 21.9 Å². The van der Waals surface area contributed by atoms with Gasteiger partial charge in [0.1, 0.15) is 0 Å². The second kappa shape index (κ2) is 8.13. The normalized spacial score (nSPS) is 13.9. The molecule has 0 amide bonds. The largest absolute Gasteiger partial charge is 0.329 e. The van der Waals surface area contributed by atoms with Crippen LogP contribution in [0.5, 0.6) is 0 Å². The van der Waals surface area contributed by atoms with E-state index in [2.05, 4.69) is 57.0 Å². The smallest absolute Gasteiger partial charge is 0.0539 e. The highest BCUT2D eigenvalue weighted by Gasteiger charge is 2.19. The van der Waals surface area contributed by atoms with Gasteiger partial charge in [-0.25, -0.2) is 0 Å². The predicted octanol–water partition coefficient (Wildman–Crippen LogP) is 2.98. The number of nitrogens with two attached hydrogens (primary N) is 1. The summed E-state index contributed by atoms with van der Waals surface area (Å²) in [6.07, 6.45) is 0. The molecule has 3 nitrogen and oxygen atoms in total. The summed E-state index contributed by atoms with van der Waals surface area (Å²) >= 11 is 1.89. The van der Waals surface area contributed by atoms with Crippen LogP contribution >= 0.6 is 11.3 Å². The van der Waals surface area contributed by atoms with Crippen LogP contribution in [-0.2, 0) is 5.41 Å². The van der Waals surface area contributed by atoms with Gasteiger partial charge in [-0.3, -0.25) is 0 Å². The molecule has 1 atom stereocenters. The van der Waals surface area contributed by atoms with Crippen molar-refractivity contribution in [2.45, 2.75) is 46.1 Å². The topological polar surface area (TPSA) is 41.3 Å². The minimum atomic E-state index is 0.225. The highest BCUT2D eigenvalue weighted by molar-refractivity contribution is 7.12. The van der Waals surface area contributed by atoms with Crippen molar-refractivity contribution < 1.29 is 0 Å². The Morgan fingerprint density at radius 3 is 2.35 bits per heavy atom. The van der Waals surface area contributed by atoms with Gasteiger partial charge in [0.25, 0.3) is 0 Å². The first-order chi connectivity index (χ1) is 9.42. The Morgan fingerprint density at radius 2 is 1.90 bits per heavy atom. The molecule has 0 bridgehead atoms. The summed E-state index contributed by atoms with van der Waals surface area (Å²) in [5, 5.41) is 3.59. The van der Waals surface area contributed by atoms with Crippen molar-refractivity contribution in [2.75, 3.05) is 32.7 Å². The number of likely N-dealkylation sites (N-methyl/N-ethyl adjacent to an activating group) is 1. The molecule has 0 radical (unpaired) electrons. The molecule has 1 unspecified atom stereocenters. The lowest BCUT2D eigenvalue weighted by Gasteiger charge is -2.21. The minimum absolute atomic E-state index is 0.225. The molecule has 0 fully saturated rings. The van der Waals surface area contributed by atoms with Gasteiger partial charge in [0.15, 0.2) is 0 Å². The highest BCUT2D eigenvalue weighted by atomic mass is 32.1. The van der Waals surface area contributed by atoms with Gasteiger partial charge in [0.2, 0.25) is 0 Å². The van der Waals surface area contributed by atoms with Crippen LogP contribution in [0.15, 0.2) is 12.1 Å². The maximum absolute atomic E-state index is 5.94. The van der Waals surface area contributed by atoms with E-state index in [0.717, 1.165) is 26.2 Å². The number of hydrogen-bond donors (Lipinski definition) is 2. The Hall–Kier alpha value is -0.420. The Labute approximate surface area is 128 Å². The van der Waals surface area contributed by atoms with E-state index in [1.165, 1.54) is 9.75 Å². The van der Waals surface area contributed by atoms with Crippen LogP contribution in [0.4, 0.5) is 0 Å². The first kappa shape index (κ1) is 17.6. The van der Waals surface area contributed by atoms with Gasteiger partial charge in [0, 0.05) is 29.4 Å². The molecule has 20 heavy (non-hydrogen) atoms. The van der Waals surface area contributed by atoms with Crippen LogP contribution < -0.4 is 11.1 Å². The predicted molar refractivity (Wildman–Crippen MR) is 90.6 cm³/mol. The van der Waals surface area contributed by atoms with Crippen molar-refractivity contribution >= 4 is 11.3 Å². The second-order valence-electron chi connectivity index (χ2n) is 6.22. The lowest BCUT2D eigenvalue weighted by molar-refractivity contribution is 0.297. The SMILES string of the molecule is CCN(CC)CCNC(CN)c1ccc(C(C)(C)C)s1. The van der Waals surface area contributed by atoms with E-state index in [9.17, 15) is 0 Å². The number of thiophene rings is 1. The minimum Gasteiger partial charge on any atom is -0.329 e. The Kier molecular flexibility index (Phi) is 7.17. The van der Waals surface area contributed by atoms with Gasteiger partial charge in [-0.15, -0.1) is 11.3 Å². The summed E-state index contributed by atoms with van der Waals surface area (Å²) < 4.78 is 0. The van der Waals surface area contributed by atoms with Gasteiger partial charge in [-0.2, -0.15) is 0 Å². The zero-order valence-corrected chi connectivity index (χ0v) is 14.5. The Bertz CT molecular complexity index is 377. The monoisotopic (exact) mass is 297 g/mol. The fourth-order valence-corrected chi connectivity index (χ4v) is 3.33. The van der Waals surface area contributed by atoms with Crippen molar-refractivity contribution in [1.82, 2.24) is 10.2 Å². The van der Waals surface area contributed by atoms with Gasteiger partial charge in [-0.05, 0) is 30.6 Å². The Balaban J connectivity index is 2.56. The van der Waals surface area contributed by atoms with Crippen LogP contribution in [0.1, 0.15) is 50.4 Å². The van der Waals surface area contributed by atoms with E-state index in [4.69, 9.17) is 5.73 Å². The van der Waals surface area contributed by atoms with Crippen LogP contribution in [-0.4, -0.2) is 37.6 Å². The van der Waals surface area contributed by atoms with Crippen LogP contribution in [0.25, 0.3) is 0 Å². The zero-order valence-electron chi connectivity index (χ0n) is 13.7. The summed E-state index contributed by atoms with van der Waals surface area (Å²) in [7, 11) is 0. The molecule has 0 spiro atoms. The maximum atomic E-state index is 5.94. The molecule has 1 heterocycles. The number of hydrogen-bond acceptors (Lipinski definition) is 4. The van der Waals surface area contributed by atoms with Gasteiger partial charge in [-0.1, -0.05) is 34.6 Å². The van der Waals surface area contributed by atoms with E-state index >= 15 is 0 Å². The summed E-state index contributed by atoms with van der Waals surface area (Å²) in [6.45, 7) is 16.1. The molecule has 1 aromatic heterocycles. The first-order valence-corrected chi connectivity index (χ1v) is 8.50. The molecule has 1 aromatic rings. The van der Waals surface area contributed by atoms with Gasteiger partial charge in [0.05, 0.1) is 6.04 Å². The summed E-state index contributed by atoms with van der Waals surface area (Å²) in [5.41, 5.74) is 6.16. The fourth-order valence-electron chi connectivity index (χ4n) is 2.18. The molecular weight excluding hydrogens is 266 g/mol. The molecule has 0 aliphatic carbocycles. The third kappa shape index (κ3) is 5.17. The van der Waals surface area contributed by atoms with Crippen molar-refractivity contribution in [3.8, 4) is 0 Å². The molecular formula is C16H31N3S. The summed E-state index contributed by atoms with van der Waals surface area (Å²) in [4.78, 5) is 5.21. The van der Waals surface area contributed by atoms with E-state index in [0.29, 0.717) is 6.54 Å². The molecule has 4 heteroatoms. The molecule has 1 rings (SSSR count). The third-order valence-corrected chi connectivity index (χ3v) is 5.28. The van der Waals surface area contributed by atoms with E-state index < -0.39 is 0 Å². The van der Waals surface area contributed by atoms with Crippen molar-refractivity contribution in [2.24, 2.45) is 5.73 Å². The Morgan fingerprint density at radius 1 is 1.25 bits per heavy atom. The summed E-state index contributed by atoms with van der Waals surface area (Å²) in [6, 6.07) is 4.76. The van der Waals surface area contributed by atoms with E-state index in [1.54, 1.807) is 0 Å². The average Bonchev–Trinajstić information content (AvgIpc) is 2.88. The van der Waals surface area contributed by atoms with Crippen LogP contribution in [0.2, 0.25) is 0 Å². The quantitative estimate of drug-likeness (QED) is 0.775. The van der Waals surface area contributed by atoms with Crippen molar-refractivity contribution in [1.29, 1.82) is 0 Å². The van der Waals surface area contributed by atoms with E-state index in [-0.39, 0.29) is 11.5 Å². The van der Waals surface area contributed by atoms with Gasteiger partial charge < -0.3 is 16.0 Å². The van der Waals surface area contributed by atoms with Crippen LogP contribution in [0, 0.1) is 0 Å². The van der Waals surface area contributed by atoms with Crippen LogP contribution in [0.3, 0.4) is 0 Å². The standard InChI is InChI=1S/C16H31N3S/c1-6-19(7-2)11-10-18-13(12-17)14-8-9-15(20-14)16(3,4)5/h8-9,13,18H,6-7,10-12,17H2,1-5H3. The summed E-state index contributed by atoms with van der Waals surface area (Å²) in [5.74, 6) is 0. The second-order valence-corrected chi connectivity index (χ2v) is 7.34. The number of nitrogens with one attached hydrogen (secondary N) is 1. The molecule has 0 aromatic carbocycles. The molecule has 0 saturated heterocycles. The molecule has 3 N–H and O–H groups in total.